The van der Waals surface area contributed by atoms with E-state index in [1.54, 1.807) is 0 Å². The Kier molecular flexibility index (Phi) is 17.7. The molecule has 2 saturated carbocycles. The Morgan fingerprint density at radius 2 is 0.860 bits per heavy atom. The van der Waals surface area contributed by atoms with Crippen LogP contribution in [0.1, 0.15) is 191 Å². The lowest BCUT2D eigenvalue weighted by molar-refractivity contribution is -0.0907. The molecule has 308 valence electrons. The summed E-state index contributed by atoms with van der Waals surface area (Å²) in [6.45, 7) is 9.25. The van der Waals surface area contributed by atoms with E-state index in [1.165, 1.54) is 162 Å². The molecule has 2 heterocycles. The normalized spacial score (nSPS) is 21.0. The topological polar surface area (TPSA) is 35.0 Å². The summed E-state index contributed by atoms with van der Waals surface area (Å²) in [4.78, 5) is 9.84. The number of pyridine rings is 2. The van der Waals surface area contributed by atoms with Gasteiger partial charge in [-0.15, -0.1) is 0 Å². The van der Waals surface area contributed by atoms with E-state index in [0.717, 1.165) is 36.1 Å². The average molecular weight is 769 g/mol. The number of aromatic nitrogens is 2. The first-order chi connectivity index (χ1) is 28.1. The van der Waals surface area contributed by atoms with Crippen LogP contribution in [0.25, 0.3) is 22.5 Å². The molecule has 2 aliphatic rings. The van der Waals surface area contributed by atoms with Gasteiger partial charge in [-0.2, -0.15) is 0 Å². The smallest absolute Gasteiger partial charge is 0.0861 e. The minimum absolute atomic E-state index is 0.0876. The molecule has 0 N–H and O–H groups in total. The van der Waals surface area contributed by atoms with Crippen molar-refractivity contribution in [3.63, 3.8) is 0 Å². The van der Waals surface area contributed by atoms with Gasteiger partial charge in [0.2, 0.25) is 0 Å². The SMILES string of the molecule is CCCCCCc1ccc(-c2ccc(C(OC(c3ccc(-c4ccc(CCCCCC)cn4)cc3)[C@H]3CC[C@H](CCC)CC3)[C@H]3CC[C@H](CCC)CC3)cc2)nc1. The molecule has 57 heavy (non-hydrogen) atoms. The van der Waals surface area contributed by atoms with Crippen LogP contribution in [0.5, 0.6) is 0 Å². The third-order valence-corrected chi connectivity index (χ3v) is 13.7. The predicted molar refractivity (Wildman–Crippen MR) is 242 cm³/mol. The standard InChI is InChI=1S/C54H76N2O/c1-5-9-11-13-17-43-23-37-51(55-39-43)45-29-33-49(34-30-45)53(47-25-19-41(15-7-3)20-26-47)57-54(48-27-21-42(16-8-4)22-28-48)50-35-31-46(32-36-50)52-38-24-44(40-56-52)18-14-12-10-6-2/h23-24,29-42,47-48,53-54H,5-22,25-28H2,1-4H3/t41-,42-,47-,48-,53?,54?. The minimum atomic E-state index is 0.0876. The number of hydrogen-bond donors (Lipinski definition) is 0. The molecule has 3 nitrogen and oxygen atoms in total. The van der Waals surface area contributed by atoms with Crippen molar-refractivity contribution in [1.82, 2.24) is 9.97 Å². The maximum absolute atomic E-state index is 7.69. The highest BCUT2D eigenvalue weighted by atomic mass is 16.5. The van der Waals surface area contributed by atoms with Crippen LogP contribution in [0.4, 0.5) is 0 Å². The van der Waals surface area contributed by atoms with Crippen LogP contribution in [-0.2, 0) is 17.6 Å². The summed E-state index contributed by atoms with van der Waals surface area (Å²) >= 11 is 0. The highest BCUT2D eigenvalue weighted by Crippen LogP contribution is 2.47. The van der Waals surface area contributed by atoms with Gasteiger partial charge < -0.3 is 4.74 Å². The summed E-state index contributed by atoms with van der Waals surface area (Å²) in [6.07, 6.45) is 32.6. The molecule has 2 atom stereocenters. The molecular weight excluding hydrogens is 693 g/mol. The van der Waals surface area contributed by atoms with Crippen LogP contribution in [0.2, 0.25) is 0 Å². The maximum Gasteiger partial charge on any atom is 0.0861 e. The molecule has 3 heteroatoms. The summed E-state index contributed by atoms with van der Waals surface area (Å²) in [5.41, 5.74) is 9.90. The number of rotatable bonds is 22. The summed E-state index contributed by atoms with van der Waals surface area (Å²) in [6, 6.07) is 27.7. The van der Waals surface area contributed by atoms with Crippen molar-refractivity contribution in [2.75, 3.05) is 0 Å². The van der Waals surface area contributed by atoms with Gasteiger partial charge in [0.15, 0.2) is 0 Å². The van der Waals surface area contributed by atoms with Crippen molar-refractivity contribution < 1.29 is 4.74 Å². The number of hydrogen-bond acceptors (Lipinski definition) is 3. The lowest BCUT2D eigenvalue weighted by Gasteiger charge is -2.40. The summed E-state index contributed by atoms with van der Waals surface area (Å²) in [5.74, 6) is 2.82. The average Bonchev–Trinajstić information content (AvgIpc) is 3.26. The van der Waals surface area contributed by atoms with E-state index in [1.807, 2.05) is 0 Å². The molecule has 0 aliphatic heterocycles. The van der Waals surface area contributed by atoms with Gasteiger partial charge in [0, 0.05) is 23.5 Å². The molecule has 2 aliphatic carbocycles. The zero-order valence-electron chi connectivity index (χ0n) is 36.4. The van der Waals surface area contributed by atoms with Crippen LogP contribution in [0, 0.1) is 23.7 Å². The van der Waals surface area contributed by atoms with E-state index in [4.69, 9.17) is 14.7 Å². The highest BCUT2D eigenvalue weighted by Gasteiger charge is 2.35. The minimum Gasteiger partial charge on any atom is -0.365 e. The Balaban J connectivity index is 1.23. The van der Waals surface area contributed by atoms with Crippen molar-refractivity contribution in [3.8, 4) is 22.5 Å². The molecule has 0 saturated heterocycles. The second-order valence-corrected chi connectivity index (χ2v) is 18.1. The fourth-order valence-corrected chi connectivity index (χ4v) is 10.1. The van der Waals surface area contributed by atoms with E-state index in [9.17, 15) is 0 Å². The summed E-state index contributed by atoms with van der Waals surface area (Å²) in [5, 5.41) is 0. The molecule has 2 aromatic carbocycles. The molecule has 0 spiro atoms. The van der Waals surface area contributed by atoms with Crippen molar-refractivity contribution in [2.24, 2.45) is 23.7 Å². The highest BCUT2D eigenvalue weighted by molar-refractivity contribution is 5.60. The maximum atomic E-state index is 7.69. The molecule has 0 amide bonds. The number of nitrogens with zero attached hydrogens (tertiary/aromatic N) is 2. The van der Waals surface area contributed by atoms with Gasteiger partial charge in [-0.25, -0.2) is 0 Å². The van der Waals surface area contributed by atoms with Crippen molar-refractivity contribution >= 4 is 0 Å². The molecule has 6 rings (SSSR count). The first kappa shape index (κ1) is 43.3. The van der Waals surface area contributed by atoms with Gasteiger partial charge in [-0.3, -0.25) is 9.97 Å². The van der Waals surface area contributed by atoms with Gasteiger partial charge in [0.05, 0.1) is 23.6 Å². The fraction of sp³-hybridized carbons (Fsp3) is 0.593. The molecule has 0 bridgehead atoms. The lowest BCUT2D eigenvalue weighted by Crippen LogP contribution is -2.28. The predicted octanol–water partition coefficient (Wildman–Crippen LogP) is 16.1. The van der Waals surface area contributed by atoms with E-state index in [0.29, 0.717) is 11.8 Å². The quantitative estimate of drug-likeness (QED) is 0.0747. The van der Waals surface area contributed by atoms with E-state index < -0.39 is 0 Å². The monoisotopic (exact) mass is 769 g/mol. The largest absolute Gasteiger partial charge is 0.365 e. The third-order valence-electron chi connectivity index (χ3n) is 13.7. The Hall–Kier alpha value is -3.30. The second-order valence-electron chi connectivity index (χ2n) is 18.1. The molecule has 4 aromatic rings. The van der Waals surface area contributed by atoms with Gasteiger partial charge in [-0.1, -0.05) is 178 Å². The number of ether oxygens (including phenoxy) is 1. The number of aryl methyl sites for hydroxylation is 2. The Morgan fingerprint density at radius 1 is 0.456 bits per heavy atom. The molecule has 2 unspecified atom stereocenters. The molecule has 2 fully saturated rings. The van der Waals surface area contributed by atoms with Crippen LogP contribution in [0.15, 0.2) is 85.2 Å². The Bertz CT molecular complexity index is 1540. The van der Waals surface area contributed by atoms with Crippen molar-refractivity contribution in [1.29, 1.82) is 0 Å². The summed E-state index contributed by atoms with van der Waals surface area (Å²) in [7, 11) is 0. The summed E-state index contributed by atoms with van der Waals surface area (Å²) < 4.78 is 7.69. The number of benzene rings is 2. The molecular formula is C54H76N2O. The van der Waals surface area contributed by atoms with E-state index >= 15 is 0 Å². The second kappa shape index (κ2) is 23.3. The molecule has 2 aromatic heterocycles. The Morgan fingerprint density at radius 3 is 1.19 bits per heavy atom. The van der Waals surface area contributed by atoms with E-state index in [2.05, 4.69) is 113 Å². The lowest BCUT2D eigenvalue weighted by atomic mass is 9.75. The first-order valence-electron chi connectivity index (χ1n) is 23.8. The third kappa shape index (κ3) is 12.8. The van der Waals surface area contributed by atoms with Crippen LogP contribution in [0.3, 0.4) is 0 Å². The molecule has 0 radical (unpaired) electrons. The van der Waals surface area contributed by atoms with Crippen LogP contribution in [-0.4, -0.2) is 9.97 Å². The van der Waals surface area contributed by atoms with Crippen molar-refractivity contribution in [3.05, 3.63) is 107 Å². The Labute approximate surface area is 348 Å². The van der Waals surface area contributed by atoms with Crippen molar-refractivity contribution in [2.45, 2.75) is 181 Å². The van der Waals surface area contributed by atoms with Gasteiger partial charge >= 0.3 is 0 Å². The zero-order chi connectivity index (χ0) is 39.7. The zero-order valence-corrected chi connectivity index (χ0v) is 36.4. The van der Waals surface area contributed by atoms with Crippen LogP contribution >= 0.6 is 0 Å². The van der Waals surface area contributed by atoms with Crippen LogP contribution < -0.4 is 0 Å². The van der Waals surface area contributed by atoms with Gasteiger partial charge in [0.25, 0.3) is 0 Å². The fourth-order valence-electron chi connectivity index (χ4n) is 10.1. The van der Waals surface area contributed by atoms with Gasteiger partial charge in [0.1, 0.15) is 0 Å². The van der Waals surface area contributed by atoms with E-state index in [-0.39, 0.29) is 12.2 Å². The number of unbranched alkanes of at least 4 members (excludes halogenated alkanes) is 6. The van der Waals surface area contributed by atoms with Gasteiger partial charge in [-0.05, 0) is 109 Å². The first-order valence-corrected chi connectivity index (χ1v) is 23.8.